The van der Waals surface area contributed by atoms with Gasteiger partial charge in [0.25, 0.3) is 0 Å². The van der Waals surface area contributed by atoms with Crippen molar-refractivity contribution >= 4 is 23.2 Å². The van der Waals surface area contributed by atoms with Gasteiger partial charge in [-0.05, 0) is 36.9 Å². The molecule has 0 radical (unpaired) electrons. The van der Waals surface area contributed by atoms with Gasteiger partial charge in [-0.1, -0.05) is 18.2 Å². The van der Waals surface area contributed by atoms with Crippen LogP contribution in [0.25, 0.3) is 0 Å². The Kier molecular flexibility index (Phi) is 5.96. The molecular formula is C22H22F3N3O4. The van der Waals surface area contributed by atoms with Crippen LogP contribution in [0, 0.1) is 0 Å². The number of nitrogens with zero attached hydrogens (tertiary/aromatic N) is 2. The van der Waals surface area contributed by atoms with Crippen molar-refractivity contribution in [3.63, 3.8) is 0 Å². The first kappa shape index (κ1) is 21.9. The molecule has 7 nitrogen and oxygen atoms in total. The summed E-state index contributed by atoms with van der Waals surface area (Å²) in [4.78, 5) is 27.5. The van der Waals surface area contributed by atoms with Gasteiger partial charge in [0.2, 0.25) is 11.8 Å². The van der Waals surface area contributed by atoms with Crippen molar-refractivity contribution < 1.29 is 32.2 Å². The van der Waals surface area contributed by atoms with Gasteiger partial charge in [-0.2, -0.15) is 13.2 Å². The van der Waals surface area contributed by atoms with Gasteiger partial charge in [-0.3, -0.25) is 19.4 Å². The monoisotopic (exact) mass is 449 g/mol. The number of halogens is 3. The predicted molar refractivity (Wildman–Crippen MR) is 111 cm³/mol. The van der Waals surface area contributed by atoms with E-state index < -0.39 is 30.5 Å². The summed E-state index contributed by atoms with van der Waals surface area (Å²) in [6, 6.07) is 9.12. The highest BCUT2D eigenvalue weighted by molar-refractivity contribution is 6.05. The molecule has 0 bridgehead atoms. The zero-order valence-corrected chi connectivity index (χ0v) is 17.3. The summed E-state index contributed by atoms with van der Waals surface area (Å²) < 4.78 is 52.5. The Morgan fingerprint density at radius 3 is 2.62 bits per heavy atom. The van der Waals surface area contributed by atoms with Gasteiger partial charge in [0.15, 0.2) is 11.5 Å². The van der Waals surface area contributed by atoms with Crippen LogP contribution in [-0.2, 0) is 16.1 Å². The summed E-state index contributed by atoms with van der Waals surface area (Å²) in [5, 5.41) is 2.46. The number of alkyl halides is 3. The van der Waals surface area contributed by atoms with Gasteiger partial charge in [0.1, 0.15) is 19.3 Å². The zero-order chi connectivity index (χ0) is 22.9. The molecule has 0 aliphatic carbocycles. The molecule has 10 heteroatoms. The fourth-order valence-corrected chi connectivity index (χ4v) is 3.86. The van der Waals surface area contributed by atoms with E-state index in [9.17, 15) is 22.8 Å². The molecule has 32 heavy (non-hydrogen) atoms. The quantitative estimate of drug-likeness (QED) is 0.777. The second kappa shape index (κ2) is 8.70. The largest absolute Gasteiger partial charge is 0.486 e. The Labute approximate surface area is 182 Å². The van der Waals surface area contributed by atoms with E-state index in [1.54, 1.807) is 30.1 Å². The number of carbonyl (C=O) groups excluding carboxylic acids is 2. The van der Waals surface area contributed by atoms with Crippen molar-refractivity contribution in [3.05, 3.63) is 48.0 Å². The lowest BCUT2D eigenvalue weighted by molar-refractivity contribution is -0.158. The number of ether oxygens (including phenoxy) is 2. The maximum atomic E-state index is 13.8. The van der Waals surface area contributed by atoms with E-state index in [0.29, 0.717) is 36.2 Å². The summed E-state index contributed by atoms with van der Waals surface area (Å²) in [6.45, 7) is 0.940. The maximum Gasteiger partial charge on any atom is 0.409 e. The van der Waals surface area contributed by atoms with Gasteiger partial charge in [-0.25, -0.2) is 0 Å². The molecule has 2 aliphatic rings. The second-order valence-electron chi connectivity index (χ2n) is 7.74. The molecule has 4 rings (SSSR count). The van der Waals surface area contributed by atoms with Gasteiger partial charge in [-0.15, -0.1) is 0 Å². The molecule has 1 atom stereocenters. The summed E-state index contributed by atoms with van der Waals surface area (Å²) >= 11 is 0. The van der Waals surface area contributed by atoms with Gasteiger partial charge in [0, 0.05) is 6.54 Å². The molecule has 2 heterocycles. The van der Waals surface area contributed by atoms with Crippen molar-refractivity contribution in [1.82, 2.24) is 4.90 Å². The molecular weight excluding hydrogens is 427 g/mol. The molecule has 1 N–H and O–H groups in total. The number of amides is 2. The normalized spacial score (nSPS) is 18.1. The van der Waals surface area contributed by atoms with Crippen molar-refractivity contribution in [2.75, 3.05) is 37.0 Å². The molecule has 0 saturated heterocycles. The highest BCUT2D eigenvalue weighted by atomic mass is 19.4. The van der Waals surface area contributed by atoms with Gasteiger partial charge < -0.3 is 14.8 Å². The van der Waals surface area contributed by atoms with Crippen LogP contribution in [0.1, 0.15) is 12.0 Å². The number of anilines is 2. The van der Waals surface area contributed by atoms with Gasteiger partial charge in [0.05, 0.1) is 24.3 Å². The molecule has 0 aromatic heterocycles. The molecule has 0 saturated carbocycles. The van der Waals surface area contributed by atoms with E-state index in [4.69, 9.17) is 9.47 Å². The highest BCUT2D eigenvalue weighted by Gasteiger charge is 2.49. The molecule has 2 aromatic carbocycles. The first-order valence-corrected chi connectivity index (χ1v) is 10.1. The number of rotatable bonds is 4. The fraction of sp³-hybridized carbons (Fsp3) is 0.364. The molecule has 2 amide bonds. The molecule has 1 unspecified atom stereocenters. The number of fused-ring (bicyclic) bond motifs is 2. The number of para-hydroxylation sites is 2. The summed E-state index contributed by atoms with van der Waals surface area (Å²) in [6.07, 6.45) is -5.63. The van der Waals surface area contributed by atoms with Crippen LogP contribution in [0.5, 0.6) is 11.5 Å². The average molecular weight is 449 g/mol. The lowest BCUT2D eigenvalue weighted by Crippen LogP contribution is -2.52. The Balaban J connectivity index is 1.55. The van der Waals surface area contributed by atoms with Crippen LogP contribution >= 0.6 is 0 Å². The van der Waals surface area contributed by atoms with E-state index in [2.05, 4.69) is 5.32 Å². The number of hydrogen-bond acceptors (Lipinski definition) is 5. The van der Waals surface area contributed by atoms with Crippen molar-refractivity contribution in [1.29, 1.82) is 0 Å². The van der Waals surface area contributed by atoms with Crippen LogP contribution in [0.15, 0.2) is 42.5 Å². The van der Waals surface area contributed by atoms with E-state index in [1.807, 2.05) is 6.07 Å². The number of hydrogen-bond donors (Lipinski definition) is 1. The van der Waals surface area contributed by atoms with E-state index >= 15 is 0 Å². The number of carbonyl (C=O) groups is 2. The van der Waals surface area contributed by atoms with Crippen LogP contribution < -0.4 is 19.7 Å². The third-order valence-electron chi connectivity index (χ3n) is 5.24. The minimum atomic E-state index is -4.77. The van der Waals surface area contributed by atoms with Crippen LogP contribution in [0.3, 0.4) is 0 Å². The third-order valence-corrected chi connectivity index (χ3v) is 5.24. The van der Waals surface area contributed by atoms with Crippen molar-refractivity contribution in [2.24, 2.45) is 0 Å². The summed E-state index contributed by atoms with van der Waals surface area (Å²) in [5.74, 6) is -0.322. The SMILES string of the molecule is CN(CC(=O)N1c2ccccc2NC(=O)CC1C(F)(F)F)Cc1ccc2c(c1)OCCO2. The molecule has 2 aliphatic heterocycles. The predicted octanol–water partition coefficient (Wildman–Crippen LogP) is 3.20. The lowest BCUT2D eigenvalue weighted by Gasteiger charge is -2.33. The standard InChI is InChI=1S/C22H22F3N3O4/c1-27(12-14-6-7-17-18(10-14)32-9-8-31-17)13-21(30)28-16-5-3-2-4-15(16)26-20(29)11-19(28)22(23,24)25/h2-7,10,19H,8-9,11-13H2,1H3,(H,26,29). The topological polar surface area (TPSA) is 71.1 Å². The van der Waals surface area contributed by atoms with Crippen LogP contribution in [0.4, 0.5) is 24.5 Å². The first-order valence-electron chi connectivity index (χ1n) is 10.1. The van der Waals surface area contributed by atoms with Crippen LogP contribution in [-0.4, -0.2) is 55.7 Å². The van der Waals surface area contributed by atoms with Crippen LogP contribution in [0.2, 0.25) is 0 Å². The second-order valence-corrected chi connectivity index (χ2v) is 7.74. The summed E-state index contributed by atoms with van der Waals surface area (Å²) in [5.41, 5.74) is 1.02. The molecule has 2 aromatic rings. The number of likely N-dealkylation sites (N-methyl/N-ethyl adjacent to an activating group) is 1. The molecule has 0 fully saturated rings. The van der Waals surface area contributed by atoms with Gasteiger partial charge >= 0.3 is 6.18 Å². The number of nitrogens with one attached hydrogen (secondary N) is 1. The minimum Gasteiger partial charge on any atom is -0.486 e. The fourth-order valence-electron chi connectivity index (χ4n) is 3.86. The molecule has 0 spiro atoms. The zero-order valence-electron chi connectivity index (χ0n) is 17.3. The summed E-state index contributed by atoms with van der Waals surface area (Å²) in [7, 11) is 1.64. The van der Waals surface area contributed by atoms with E-state index in [1.165, 1.54) is 18.2 Å². The minimum absolute atomic E-state index is 0.0263. The lowest BCUT2D eigenvalue weighted by atomic mass is 10.1. The Bertz CT molecular complexity index is 1030. The third kappa shape index (κ3) is 4.64. The van der Waals surface area contributed by atoms with E-state index in [-0.39, 0.29) is 17.9 Å². The van der Waals surface area contributed by atoms with Crippen molar-refractivity contribution in [3.8, 4) is 11.5 Å². The Morgan fingerprint density at radius 2 is 1.88 bits per heavy atom. The average Bonchev–Trinajstić information content (AvgIpc) is 2.89. The maximum absolute atomic E-state index is 13.8. The molecule has 170 valence electrons. The highest BCUT2D eigenvalue weighted by Crippen LogP contribution is 2.38. The smallest absolute Gasteiger partial charge is 0.409 e. The number of benzene rings is 2. The van der Waals surface area contributed by atoms with E-state index in [0.717, 1.165) is 5.56 Å². The Hall–Kier alpha value is -3.27. The van der Waals surface area contributed by atoms with Crippen molar-refractivity contribution in [2.45, 2.75) is 25.2 Å². The first-order chi connectivity index (χ1) is 15.2. The Morgan fingerprint density at radius 1 is 1.16 bits per heavy atom.